The maximum absolute atomic E-state index is 3.62. The minimum absolute atomic E-state index is 0.752. The predicted molar refractivity (Wildman–Crippen MR) is 83.3 cm³/mol. The van der Waals surface area contributed by atoms with Crippen molar-refractivity contribution in [1.82, 2.24) is 5.32 Å². The zero-order valence-corrected chi connectivity index (χ0v) is 13.2. The maximum Gasteiger partial charge on any atom is 0.00453 e. The van der Waals surface area contributed by atoms with E-state index in [9.17, 15) is 0 Å². The van der Waals surface area contributed by atoms with Crippen LogP contribution in [0.1, 0.15) is 45.4 Å². The molecule has 0 aromatic carbocycles. The lowest BCUT2D eigenvalue weighted by Crippen LogP contribution is -2.27. The van der Waals surface area contributed by atoms with Crippen LogP contribution in [0.25, 0.3) is 0 Å². The normalized spacial score (nSPS) is 13.4. The second-order valence-electron chi connectivity index (χ2n) is 6.17. The van der Waals surface area contributed by atoms with E-state index in [1.165, 1.54) is 30.7 Å². The third-order valence-corrected chi connectivity index (χ3v) is 4.11. The van der Waals surface area contributed by atoms with Crippen LogP contribution in [0, 0.1) is 17.8 Å². The zero-order valence-electron chi connectivity index (χ0n) is 12.4. The number of hydrogen-bond donors (Lipinski definition) is 1. The summed E-state index contributed by atoms with van der Waals surface area (Å²) in [7, 11) is 0. The van der Waals surface area contributed by atoms with E-state index in [2.05, 4.69) is 50.5 Å². The number of nitrogens with one attached hydrogen (secondary N) is 1. The second-order valence-corrected chi connectivity index (χ2v) is 7.20. The first kappa shape index (κ1) is 15.7. The predicted octanol–water partition coefficient (Wildman–Crippen LogP) is 4.59. The van der Waals surface area contributed by atoms with Gasteiger partial charge in [0.15, 0.2) is 0 Å². The van der Waals surface area contributed by atoms with Gasteiger partial charge in [-0.3, -0.25) is 0 Å². The zero-order chi connectivity index (χ0) is 13.4. The molecule has 1 rings (SSSR count). The van der Waals surface area contributed by atoms with E-state index in [4.69, 9.17) is 0 Å². The van der Waals surface area contributed by atoms with Crippen molar-refractivity contribution in [3.05, 3.63) is 22.4 Å². The Labute approximate surface area is 117 Å². The number of rotatable bonds is 9. The molecule has 1 nitrogen and oxygen atoms in total. The van der Waals surface area contributed by atoms with E-state index in [1.807, 2.05) is 11.3 Å². The van der Waals surface area contributed by atoms with E-state index in [1.54, 1.807) is 0 Å². The van der Waals surface area contributed by atoms with Crippen LogP contribution >= 0.6 is 11.3 Å². The Bertz CT molecular complexity index is 290. The highest BCUT2D eigenvalue weighted by Gasteiger charge is 2.11. The van der Waals surface area contributed by atoms with Gasteiger partial charge in [0.1, 0.15) is 0 Å². The molecule has 0 aliphatic rings. The maximum atomic E-state index is 3.62. The van der Waals surface area contributed by atoms with Gasteiger partial charge < -0.3 is 5.32 Å². The Kier molecular flexibility index (Phi) is 7.60. The SMILES string of the molecule is CC(C)CNCC(CCc1cccs1)CC(C)C. The summed E-state index contributed by atoms with van der Waals surface area (Å²) in [5, 5.41) is 5.81. The van der Waals surface area contributed by atoms with E-state index < -0.39 is 0 Å². The van der Waals surface area contributed by atoms with E-state index in [-0.39, 0.29) is 0 Å². The number of hydrogen-bond acceptors (Lipinski definition) is 2. The van der Waals surface area contributed by atoms with Gasteiger partial charge in [-0.1, -0.05) is 33.8 Å². The third-order valence-electron chi connectivity index (χ3n) is 3.17. The van der Waals surface area contributed by atoms with Crippen molar-refractivity contribution in [2.24, 2.45) is 17.8 Å². The molecule has 1 unspecified atom stereocenters. The van der Waals surface area contributed by atoms with Crippen molar-refractivity contribution in [2.75, 3.05) is 13.1 Å². The summed E-state index contributed by atoms with van der Waals surface area (Å²) in [4.78, 5) is 1.53. The highest BCUT2D eigenvalue weighted by atomic mass is 32.1. The first-order chi connectivity index (χ1) is 8.58. The third kappa shape index (κ3) is 7.17. The van der Waals surface area contributed by atoms with Gasteiger partial charge in [0.2, 0.25) is 0 Å². The van der Waals surface area contributed by atoms with Crippen molar-refractivity contribution >= 4 is 11.3 Å². The van der Waals surface area contributed by atoms with Gasteiger partial charge in [-0.15, -0.1) is 11.3 Å². The average molecular weight is 267 g/mol. The molecule has 0 bridgehead atoms. The molecule has 18 heavy (non-hydrogen) atoms. The molecular formula is C16H29NS. The molecule has 0 saturated heterocycles. The lowest BCUT2D eigenvalue weighted by molar-refractivity contribution is 0.360. The molecule has 0 saturated carbocycles. The van der Waals surface area contributed by atoms with Crippen molar-refractivity contribution in [3.63, 3.8) is 0 Å². The van der Waals surface area contributed by atoms with E-state index in [0.29, 0.717) is 0 Å². The van der Waals surface area contributed by atoms with Crippen molar-refractivity contribution < 1.29 is 0 Å². The lowest BCUT2D eigenvalue weighted by Gasteiger charge is -2.20. The fourth-order valence-electron chi connectivity index (χ4n) is 2.35. The fourth-order valence-corrected chi connectivity index (χ4v) is 3.07. The molecule has 0 fully saturated rings. The standard InChI is InChI=1S/C16H29NS/c1-13(2)10-15(12-17-11-14(3)4)7-8-16-6-5-9-18-16/h5-6,9,13-15,17H,7-8,10-12H2,1-4H3. The summed E-state index contributed by atoms with van der Waals surface area (Å²) < 4.78 is 0. The van der Waals surface area contributed by atoms with Crippen LogP contribution in [0.4, 0.5) is 0 Å². The molecule has 0 amide bonds. The van der Waals surface area contributed by atoms with Crippen LogP contribution < -0.4 is 5.32 Å². The smallest absolute Gasteiger partial charge is 0.00453 e. The summed E-state index contributed by atoms with van der Waals surface area (Å²) in [6.45, 7) is 11.5. The first-order valence-corrected chi connectivity index (χ1v) is 8.19. The Morgan fingerprint density at radius 3 is 2.44 bits per heavy atom. The quantitative estimate of drug-likeness (QED) is 0.690. The summed E-state index contributed by atoms with van der Waals surface area (Å²) in [6.07, 6.45) is 3.92. The van der Waals surface area contributed by atoms with Crippen LogP contribution in [0.2, 0.25) is 0 Å². The lowest BCUT2D eigenvalue weighted by atomic mass is 9.92. The van der Waals surface area contributed by atoms with Gasteiger partial charge in [-0.05, 0) is 61.6 Å². The van der Waals surface area contributed by atoms with Crippen LogP contribution in [0.5, 0.6) is 0 Å². The van der Waals surface area contributed by atoms with Crippen LogP contribution in [0.15, 0.2) is 17.5 Å². The molecule has 104 valence electrons. The molecule has 0 aliphatic carbocycles. The Morgan fingerprint density at radius 1 is 1.11 bits per heavy atom. The Hall–Kier alpha value is -0.340. The van der Waals surface area contributed by atoms with Crippen molar-refractivity contribution in [2.45, 2.75) is 47.0 Å². The first-order valence-electron chi connectivity index (χ1n) is 7.31. The second kappa shape index (κ2) is 8.71. The van der Waals surface area contributed by atoms with Gasteiger partial charge in [-0.2, -0.15) is 0 Å². The molecule has 1 aromatic heterocycles. The summed E-state index contributed by atoms with van der Waals surface area (Å²) in [5.74, 6) is 2.38. The molecule has 1 N–H and O–H groups in total. The van der Waals surface area contributed by atoms with Gasteiger partial charge >= 0.3 is 0 Å². The molecule has 1 aromatic rings. The van der Waals surface area contributed by atoms with E-state index >= 15 is 0 Å². The largest absolute Gasteiger partial charge is 0.316 e. The summed E-state index contributed by atoms with van der Waals surface area (Å²) >= 11 is 1.89. The molecule has 1 heterocycles. The Morgan fingerprint density at radius 2 is 1.89 bits per heavy atom. The van der Waals surface area contributed by atoms with Crippen LogP contribution in [0.3, 0.4) is 0 Å². The van der Waals surface area contributed by atoms with Gasteiger partial charge in [0.25, 0.3) is 0 Å². The highest BCUT2D eigenvalue weighted by molar-refractivity contribution is 7.09. The molecular weight excluding hydrogens is 238 g/mol. The molecule has 2 heteroatoms. The van der Waals surface area contributed by atoms with Crippen LogP contribution in [-0.4, -0.2) is 13.1 Å². The van der Waals surface area contributed by atoms with Crippen LogP contribution in [-0.2, 0) is 6.42 Å². The van der Waals surface area contributed by atoms with Gasteiger partial charge in [0.05, 0.1) is 0 Å². The highest BCUT2D eigenvalue weighted by Crippen LogP contribution is 2.19. The summed E-state index contributed by atoms with van der Waals surface area (Å²) in [6, 6.07) is 4.42. The summed E-state index contributed by atoms with van der Waals surface area (Å²) in [5.41, 5.74) is 0. The molecule has 0 aliphatic heterocycles. The van der Waals surface area contributed by atoms with Crippen molar-refractivity contribution in [1.29, 1.82) is 0 Å². The fraction of sp³-hybridized carbons (Fsp3) is 0.750. The number of thiophene rings is 1. The average Bonchev–Trinajstić information content (AvgIpc) is 2.77. The van der Waals surface area contributed by atoms with E-state index in [0.717, 1.165) is 24.3 Å². The Balaban J connectivity index is 2.30. The molecule has 1 atom stereocenters. The van der Waals surface area contributed by atoms with Crippen molar-refractivity contribution in [3.8, 4) is 0 Å². The van der Waals surface area contributed by atoms with Gasteiger partial charge in [0, 0.05) is 4.88 Å². The minimum Gasteiger partial charge on any atom is -0.316 e. The van der Waals surface area contributed by atoms with Gasteiger partial charge in [-0.25, -0.2) is 0 Å². The molecule has 0 radical (unpaired) electrons. The minimum atomic E-state index is 0.752. The topological polar surface area (TPSA) is 12.0 Å². The monoisotopic (exact) mass is 267 g/mol. The molecule has 0 spiro atoms. The number of aryl methyl sites for hydroxylation is 1.